The van der Waals surface area contributed by atoms with Gasteiger partial charge in [-0.3, -0.25) is 9.69 Å². The largest absolute Gasteiger partial charge is 0.336 e. The van der Waals surface area contributed by atoms with Crippen LogP contribution in [0.4, 0.5) is 11.6 Å². The summed E-state index contributed by atoms with van der Waals surface area (Å²) in [5.41, 5.74) is 4.92. The van der Waals surface area contributed by atoms with E-state index in [0.717, 1.165) is 67.5 Å². The summed E-state index contributed by atoms with van der Waals surface area (Å²) >= 11 is 0. The zero-order chi connectivity index (χ0) is 26.7. The van der Waals surface area contributed by atoms with Gasteiger partial charge in [0.1, 0.15) is 0 Å². The van der Waals surface area contributed by atoms with Crippen LogP contribution in [0.3, 0.4) is 0 Å². The number of hydrogen-bond acceptors (Lipinski definition) is 7. The number of benzene rings is 2. The van der Waals surface area contributed by atoms with Crippen molar-refractivity contribution >= 4 is 32.7 Å². The molecule has 10 heteroatoms. The first kappa shape index (κ1) is 26.3. The Hall–Kier alpha value is -3.31. The number of carbonyl (C=O) groups is 1. The molecule has 1 aromatic heterocycles. The molecule has 2 aromatic carbocycles. The fraction of sp³-hybridized carbons (Fsp3) is 0.357. The van der Waals surface area contributed by atoms with E-state index in [-0.39, 0.29) is 5.91 Å². The summed E-state index contributed by atoms with van der Waals surface area (Å²) in [6, 6.07) is 16.9. The molecule has 9 nitrogen and oxygen atoms in total. The number of nitrogens with one attached hydrogen (secondary N) is 1. The third-order valence-electron chi connectivity index (χ3n) is 6.94. The first-order valence-electron chi connectivity index (χ1n) is 12.9. The third kappa shape index (κ3) is 6.05. The van der Waals surface area contributed by atoms with Gasteiger partial charge < -0.3 is 15.1 Å². The summed E-state index contributed by atoms with van der Waals surface area (Å²) in [6.45, 7) is 5.52. The first-order valence-corrected chi connectivity index (χ1v) is 14.5. The normalized spacial score (nSPS) is 21.3. The lowest BCUT2D eigenvalue weighted by Crippen LogP contribution is -2.49. The number of aromatic nitrogens is 2. The summed E-state index contributed by atoms with van der Waals surface area (Å²) in [5, 5.41) is 3.23. The van der Waals surface area contributed by atoms with Crippen molar-refractivity contribution in [3.63, 3.8) is 0 Å². The standard InChI is InChI=1S/C28H35N7O2S/c1-32(2)15-4-16-34-17-19-35(20-18-34)27(36)23-5-9-24(10-6-23)30-28-29-14-13-26(31-28)22-7-11-25(12-8-22)38(37)21-33(38)3/h5-14,21H,4,15-20H2,1-3H3,(H,29,30,31). The van der Waals surface area contributed by atoms with Gasteiger partial charge in [-0.25, -0.2) is 14.2 Å². The van der Waals surface area contributed by atoms with Crippen molar-refractivity contribution in [1.82, 2.24) is 29.0 Å². The van der Waals surface area contributed by atoms with Crippen molar-refractivity contribution in [2.45, 2.75) is 11.3 Å². The van der Waals surface area contributed by atoms with Gasteiger partial charge >= 0.3 is 0 Å². The van der Waals surface area contributed by atoms with Crippen LogP contribution in [0, 0.1) is 0 Å². The van der Waals surface area contributed by atoms with Crippen LogP contribution in [0.1, 0.15) is 16.8 Å². The van der Waals surface area contributed by atoms with E-state index in [1.807, 2.05) is 66.5 Å². The van der Waals surface area contributed by atoms with Gasteiger partial charge in [-0.2, -0.15) is 4.31 Å². The van der Waals surface area contributed by atoms with Crippen molar-refractivity contribution in [2.75, 3.05) is 65.7 Å². The molecule has 0 spiro atoms. The minimum Gasteiger partial charge on any atom is -0.336 e. The second-order valence-electron chi connectivity index (χ2n) is 10.0. The first-order chi connectivity index (χ1) is 18.3. The highest BCUT2D eigenvalue weighted by Gasteiger charge is 2.28. The van der Waals surface area contributed by atoms with E-state index in [1.54, 1.807) is 16.0 Å². The molecule has 38 heavy (non-hydrogen) atoms. The Morgan fingerprint density at radius 2 is 1.68 bits per heavy atom. The van der Waals surface area contributed by atoms with Gasteiger partial charge in [0.2, 0.25) is 5.95 Å². The monoisotopic (exact) mass is 533 g/mol. The molecule has 0 bridgehead atoms. The summed E-state index contributed by atoms with van der Waals surface area (Å²) in [7, 11) is 3.89. The van der Waals surface area contributed by atoms with Crippen molar-refractivity contribution < 1.29 is 9.00 Å². The maximum atomic E-state index is 13.0. The Kier molecular flexibility index (Phi) is 7.75. The van der Waals surface area contributed by atoms with E-state index in [0.29, 0.717) is 11.5 Å². The topological polar surface area (TPSA) is 84.7 Å². The lowest BCUT2D eigenvalue weighted by molar-refractivity contribution is 0.0634. The van der Waals surface area contributed by atoms with Gasteiger partial charge in [-0.05, 0) is 76.1 Å². The number of amides is 1. The average molecular weight is 534 g/mol. The summed E-state index contributed by atoms with van der Waals surface area (Å²) in [4.78, 5) is 29.4. The van der Waals surface area contributed by atoms with Crippen molar-refractivity contribution in [1.29, 1.82) is 0 Å². The molecule has 1 amide bonds. The van der Waals surface area contributed by atoms with Crippen molar-refractivity contribution in [3.8, 4) is 11.3 Å². The van der Waals surface area contributed by atoms with Crippen molar-refractivity contribution in [3.05, 3.63) is 66.4 Å². The maximum absolute atomic E-state index is 13.0. The zero-order valence-electron chi connectivity index (χ0n) is 22.2. The molecule has 2 unspecified atom stereocenters. The highest BCUT2D eigenvalue weighted by Crippen LogP contribution is 2.26. The van der Waals surface area contributed by atoms with E-state index >= 15 is 0 Å². The molecule has 2 atom stereocenters. The molecule has 0 saturated carbocycles. The fourth-order valence-electron chi connectivity index (χ4n) is 4.60. The van der Waals surface area contributed by atoms with Gasteiger partial charge in [-0.15, -0.1) is 0 Å². The number of carbonyl (C=O) groups excluding carboxylic acids is 1. The van der Waals surface area contributed by atoms with Gasteiger partial charge in [-0.1, -0.05) is 12.1 Å². The molecule has 200 valence electrons. The highest BCUT2D eigenvalue weighted by molar-refractivity contribution is 8.06. The third-order valence-corrected chi connectivity index (χ3v) is 9.24. The molecule has 0 radical (unpaired) electrons. The van der Waals surface area contributed by atoms with Gasteiger partial charge in [0.15, 0.2) is 0 Å². The molecule has 1 N–H and O–H groups in total. The van der Waals surface area contributed by atoms with Crippen LogP contribution in [0.25, 0.3) is 11.3 Å². The molecule has 3 heterocycles. The van der Waals surface area contributed by atoms with E-state index in [2.05, 4.69) is 39.2 Å². The van der Waals surface area contributed by atoms with Crippen LogP contribution < -0.4 is 5.32 Å². The molecule has 2 aliphatic heterocycles. The minimum atomic E-state index is -2.12. The molecular formula is C28H35N7O2S. The fourth-order valence-corrected chi connectivity index (χ4v) is 6.18. The summed E-state index contributed by atoms with van der Waals surface area (Å²) in [5.74, 6) is 0.542. The van der Waals surface area contributed by atoms with Gasteiger partial charge in [0.05, 0.1) is 20.9 Å². The number of rotatable bonds is 9. The summed E-state index contributed by atoms with van der Waals surface area (Å²) < 4.78 is 14.3. The van der Waals surface area contributed by atoms with E-state index in [1.165, 1.54) is 0 Å². The Balaban J connectivity index is 1.16. The predicted molar refractivity (Wildman–Crippen MR) is 153 cm³/mol. The number of nitrogens with zero attached hydrogens (tertiary/aromatic N) is 6. The van der Waals surface area contributed by atoms with Crippen LogP contribution in [-0.2, 0) is 9.71 Å². The van der Waals surface area contributed by atoms with Crippen LogP contribution in [0.5, 0.6) is 0 Å². The van der Waals surface area contributed by atoms with Crippen LogP contribution in [-0.4, -0.2) is 105 Å². The quantitative estimate of drug-likeness (QED) is 0.424. The molecule has 0 aliphatic carbocycles. The summed E-state index contributed by atoms with van der Waals surface area (Å²) in [6.07, 6.45) is 2.85. The van der Waals surface area contributed by atoms with Gasteiger partial charge in [0, 0.05) is 61.1 Å². The smallest absolute Gasteiger partial charge is 0.253 e. The lowest BCUT2D eigenvalue weighted by Gasteiger charge is -2.35. The second kappa shape index (κ2) is 11.2. The maximum Gasteiger partial charge on any atom is 0.253 e. The number of anilines is 2. The lowest BCUT2D eigenvalue weighted by atomic mass is 10.1. The number of hydrogen-bond donors (Lipinski definition) is 1. The molecule has 3 aromatic rings. The molecule has 2 aliphatic rings. The Labute approximate surface area is 225 Å². The van der Waals surface area contributed by atoms with E-state index < -0.39 is 9.71 Å². The molecule has 1 saturated heterocycles. The van der Waals surface area contributed by atoms with Crippen LogP contribution in [0.15, 0.2) is 65.7 Å². The molecule has 1 fully saturated rings. The Morgan fingerprint density at radius 1 is 1.00 bits per heavy atom. The van der Waals surface area contributed by atoms with E-state index in [4.69, 9.17) is 0 Å². The SMILES string of the molecule is CN(C)CCCN1CCN(C(=O)c2ccc(Nc3nccc(-c4ccc(S5(=O)=CN5C)cc4)n3)cc2)CC1. The average Bonchev–Trinajstić information content (AvgIpc) is 3.56. The van der Waals surface area contributed by atoms with Gasteiger partial charge in [0.25, 0.3) is 5.91 Å². The van der Waals surface area contributed by atoms with Crippen LogP contribution in [0.2, 0.25) is 0 Å². The highest BCUT2D eigenvalue weighted by atomic mass is 32.2. The predicted octanol–water partition coefficient (Wildman–Crippen LogP) is 2.86. The Bertz CT molecular complexity index is 1390. The molecular weight excluding hydrogens is 498 g/mol. The van der Waals surface area contributed by atoms with Crippen LogP contribution >= 0.6 is 0 Å². The van der Waals surface area contributed by atoms with E-state index in [9.17, 15) is 9.00 Å². The van der Waals surface area contributed by atoms with Crippen molar-refractivity contribution in [2.24, 2.45) is 0 Å². The Morgan fingerprint density at radius 3 is 2.32 bits per heavy atom. The number of piperazine rings is 1. The minimum absolute atomic E-state index is 0.0721. The zero-order valence-corrected chi connectivity index (χ0v) is 23.0. The second-order valence-corrected chi connectivity index (χ2v) is 12.4. The molecule has 5 rings (SSSR count).